The Morgan fingerprint density at radius 1 is 1.19 bits per heavy atom. The van der Waals surface area contributed by atoms with E-state index in [4.69, 9.17) is 5.73 Å². The van der Waals surface area contributed by atoms with Crippen LogP contribution in [0, 0.1) is 5.41 Å². The molecule has 7 nitrogen and oxygen atoms in total. The normalized spacial score (nSPS) is 24.2. The fourth-order valence-electron chi connectivity index (χ4n) is 2.12. The summed E-state index contributed by atoms with van der Waals surface area (Å²) in [5.74, 6) is -0.290. The fourth-order valence-corrected chi connectivity index (χ4v) is 4.82. The van der Waals surface area contributed by atoms with Crippen molar-refractivity contribution in [1.29, 1.82) is 0 Å². The van der Waals surface area contributed by atoms with Gasteiger partial charge in [-0.15, -0.1) is 12.4 Å². The molecule has 1 atom stereocenters. The van der Waals surface area contributed by atoms with Crippen molar-refractivity contribution in [1.82, 2.24) is 8.61 Å². The van der Waals surface area contributed by atoms with E-state index >= 15 is 0 Å². The largest absolute Gasteiger partial charge is 0.330 e. The monoisotopic (exact) mass is 363 g/mol. The Balaban J connectivity index is 0.00000400. The molecule has 1 saturated heterocycles. The van der Waals surface area contributed by atoms with Gasteiger partial charge >= 0.3 is 0 Å². The predicted octanol–water partition coefficient (Wildman–Crippen LogP) is -0.310. The zero-order chi connectivity index (χ0) is 15.6. The van der Waals surface area contributed by atoms with Crippen LogP contribution in [0.4, 0.5) is 0 Å². The first-order valence-corrected chi connectivity index (χ1v) is 9.82. The molecule has 21 heavy (non-hydrogen) atoms. The van der Waals surface area contributed by atoms with Gasteiger partial charge in [0, 0.05) is 27.2 Å². The maximum Gasteiger partial charge on any atom is 0.214 e. The zero-order valence-electron chi connectivity index (χ0n) is 12.8. The number of rotatable bonds is 7. The summed E-state index contributed by atoms with van der Waals surface area (Å²) in [5, 5.41) is 0. The molecule has 0 aromatic heterocycles. The highest BCUT2D eigenvalue weighted by atomic mass is 35.5. The molecule has 128 valence electrons. The standard InChI is InChI=1S/C11H25N3O4S2.ClH/c1-11(9-12)5-6-14(10-11)20(17,18)8-4-7-19(15,16)13(2)3;/h4-10,12H2,1-3H3;1H. The minimum absolute atomic E-state index is 0. The van der Waals surface area contributed by atoms with Gasteiger partial charge in [-0.1, -0.05) is 6.92 Å². The molecule has 1 fully saturated rings. The van der Waals surface area contributed by atoms with Gasteiger partial charge in [-0.25, -0.2) is 25.4 Å². The summed E-state index contributed by atoms with van der Waals surface area (Å²) in [6, 6.07) is 0. The van der Waals surface area contributed by atoms with Gasteiger partial charge in [0.15, 0.2) is 0 Å². The lowest BCUT2D eigenvalue weighted by Gasteiger charge is -2.22. The van der Waals surface area contributed by atoms with Crippen LogP contribution in [0.3, 0.4) is 0 Å². The Hall–Kier alpha value is 0.0700. The highest BCUT2D eigenvalue weighted by Crippen LogP contribution is 2.30. The Morgan fingerprint density at radius 2 is 1.76 bits per heavy atom. The molecule has 1 aliphatic heterocycles. The highest BCUT2D eigenvalue weighted by molar-refractivity contribution is 7.90. The molecule has 0 bridgehead atoms. The molecule has 0 spiro atoms. The maximum atomic E-state index is 12.2. The van der Waals surface area contributed by atoms with Gasteiger partial charge in [0.05, 0.1) is 11.5 Å². The molecule has 0 aromatic carbocycles. The van der Waals surface area contributed by atoms with Crippen molar-refractivity contribution >= 4 is 32.5 Å². The van der Waals surface area contributed by atoms with Gasteiger partial charge < -0.3 is 5.73 Å². The van der Waals surface area contributed by atoms with Crippen LogP contribution < -0.4 is 5.73 Å². The first-order chi connectivity index (χ1) is 9.02. The second-order valence-electron chi connectivity index (χ2n) is 5.87. The van der Waals surface area contributed by atoms with Gasteiger partial charge in [-0.3, -0.25) is 0 Å². The van der Waals surface area contributed by atoms with E-state index < -0.39 is 20.0 Å². The quantitative estimate of drug-likeness (QED) is 0.668. The average molecular weight is 364 g/mol. The van der Waals surface area contributed by atoms with Crippen LogP contribution in [0.15, 0.2) is 0 Å². The van der Waals surface area contributed by atoms with Crippen LogP contribution >= 0.6 is 12.4 Å². The average Bonchev–Trinajstić information content (AvgIpc) is 2.73. The van der Waals surface area contributed by atoms with Crippen molar-refractivity contribution in [3.63, 3.8) is 0 Å². The molecule has 1 heterocycles. The number of halogens is 1. The molecule has 10 heteroatoms. The summed E-state index contributed by atoms with van der Waals surface area (Å²) in [7, 11) is -3.85. The maximum absolute atomic E-state index is 12.2. The van der Waals surface area contributed by atoms with E-state index in [2.05, 4.69) is 0 Å². The molecule has 0 radical (unpaired) electrons. The van der Waals surface area contributed by atoms with E-state index in [0.717, 1.165) is 10.7 Å². The van der Waals surface area contributed by atoms with Crippen molar-refractivity contribution in [2.45, 2.75) is 19.8 Å². The van der Waals surface area contributed by atoms with E-state index in [1.807, 2.05) is 6.92 Å². The molecule has 0 aromatic rings. The molecule has 2 N–H and O–H groups in total. The Bertz CT molecular complexity index is 536. The molecule has 0 amide bonds. The third-order valence-electron chi connectivity index (χ3n) is 3.77. The molecule has 1 rings (SSSR count). The first-order valence-electron chi connectivity index (χ1n) is 6.60. The topological polar surface area (TPSA) is 101 Å². The fraction of sp³-hybridized carbons (Fsp3) is 1.00. The SMILES string of the molecule is CN(C)S(=O)(=O)CCCS(=O)(=O)N1CCC(C)(CN)C1.Cl. The van der Waals surface area contributed by atoms with E-state index in [0.29, 0.717) is 19.6 Å². The summed E-state index contributed by atoms with van der Waals surface area (Å²) in [5.41, 5.74) is 5.49. The Labute approximate surface area is 134 Å². The van der Waals surface area contributed by atoms with Crippen molar-refractivity contribution in [3.8, 4) is 0 Å². The minimum Gasteiger partial charge on any atom is -0.330 e. The number of sulfonamides is 2. The van der Waals surface area contributed by atoms with E-state index in [1.165, 1.54) is 18.4 Å². The van der Waals surface area contributed by atoms with Crippen molar-refractivity contribution < 1.29 is 16.8 Å². The predicted molar refractivity (Wildman–Crippen MR) is 86.5 cm³/mol. The summed E-state index contributed by atoms with van der Waals surface area (Å²) >= 11 is 0. The van der Waals surface area contributed by atoms with E-state index in [1.54, 1.807) is 0 Å². The number of nitrogens with zero attached hydrogens (tertiary/aromatic N) is 2. The Kier molecular flexibility index (Phi) is 7.59. The number of nitrogens with two attached hydrogens (primary N) is 1. The lowest BCUT2D eigenvalue weighted by molar-refractivity contribution is 0.349. The van der Waals surface area contributed by atoms with Crippen LogP contribution in [0.1, 0.15) is 19.8 Å². The first kappa shape index (κ1) is 21.1. The zero-order valence-corrected chi connectivity index (χ0v) is 15.2. The van der Waals surface area contributed by atoms with Crippen LogP contribution in [0.2, 0.25) is 0 Å². The number of hydrogen-bond acceptors (Lipinski definition) is 5. The third-order valence-corrected chi connectivity index (χ3v) is 7.59. The third kappa shape index (κ3) is 5.65. The lowest BCUT2D eigenvalue weighted by Crippen LogP contribution is -2.36. The molecular weight excluding hydrogens is 338 g/mol. The summed E-state index contributed by atoms with van der Waals surface area (Å²) in [6.45, 7) is 3.32. The van der Waals surface area contributed by atoms with Crippen LogP contribution in [0.25, 0.3) is 0 Å². The van der Waals surface area contributed by atoms with Crippen LogP contribution in [0.5, 0.6) is 0 Å². The highest BCUT2D eigenvalue weighted by Gasteiger charge is 2.38. The molecule has 0 aliphatic carbocycles. The van der Waals surface area contributed by atoms with E-state index in [9.17, 15) is 16.8 Å². The summed E-state index contributed by atoms with van der Waals surface area (Å²) in [4.78, 5) is 0. The Morgan fingerprint density at radius 3 is 2.19 bits per heavy atom. The van der Waals surface area contributed by atoms with Gasteiger partial charge in [0.1, 0.15) is 0 Å². The summed E-state index contributed by atoms with van der Waals surface area (Å²) < 4.78 is 50.1. The van der Waals surface area contributed by atoms with Gasteiger partial charge in [0.25, 0.3) is 0 Å². The van der Waals surface area contributed by atoms with E-state index in [-0.39, 0.29) is 35.7 Å². The van der Waals surface area contributed by atoms with Crippen LogP contribution in [-0.4, -0.2) is 70.7 Å². The van der Waals surface area contributed by atoms with Crippen molar-refractivity contribution in [2.24, 2.45) is 11.1 Å². The smallest absolute Gasteiger partial charge is 0.214 e. The van der Waals surface area contributed by atoms with Gasteiger partial charge in [0.2, 0.25) is 20.0 Å². The molecule has 1 unspecified atom stereocenters. The summed E-state index contributed by atoms with van der Waals surface area (Å²) in [6.07, 6.45) is 0.859. The van der Waals surface area contributed by atoms with Crippen molar-refractivity contribution in [3.05, 3.63) is 0 Å². The molecule has 1 aliphatic rings. The lowest BCUT2D eigenvalue weighted by atomic mass is 9.90. The second-order valence-corrected chi connectivity index (χ2v) is 10.3. The second kappa shape index (κ2) is 7.56. The molecule has 0 saturated carbocycles. The van der Waals surface area contributed by atoms with Crippen LogP contribution in [-0.2, 0) is 20.0 Å². The molecular formula is C11H26ClN3O4S2. The number of hydrogen-bond donors (Lipinski definition) is 1. The van der Waals surface area contributed by atoms with Gasteiger partial charge in [-0.05, 0) is 24.8 Å². The van der Waals surface area contributed by atoms with Gasteiger partial charge in [-0.2, -0.15) is 0 Å². The minimum atomic E-state index is -3.39. The van der Waals surface area contributed by atoms with Crippen molar-refractivity contribution in [2.75, 3.05) is 45.2 Å².